The molecule has 0 spiro atoms. The Morgan fingerprint density at radius 2 is 2.28 bits per heavy atom. The molecule has 5 heteroatoms. The molecule has 0 saturated heterocycles. The van der Waals surface area contributed by atoms with E-state index in [0.29, 0.717) is 0 Å². The zero-order chi connectivity index (χ0) is 13.0. The van der Waals surface area contributed by atoms with Crippen LogP contribution in [0, 0.1) is 12.7 Å². The summed E-state index contributed by atoms with van der Waals surface area (Å²) in [5.74, 6) is 0.529. The number of hydrogen-bond acceptors (Lipinski definition) is 3. The third-order valence-corrected chi connectivity index (χ3v) is 2.85. The van der Waals surface area contributed by atoms with E-state index in [1.54, 1.807) is 6.07 Å². The van der Waals surface area contributed by atoms with Crippen LogP contribution < -0.4 is 5.32 Å². The highest BCUT2D eigenvalue weighted by Gasteiger charge is 2.18. The van der Waals surface area contributed by atoms with Crippen molar-refractivity contribution in [2.75, 3.05) is 6.54 Å². The van der Waals surface area contributed by atoms with Crippen molar-refractivity contribution < 1.29 is 4.39 Å². The molecule has 0 aliphatic heterocycles. The molecule has 0 aliphatic rings. The number of aryl methyl sites for hydroxylation is 1. The van der Waals surface area contributed by atoms with Crippen LogP contribution in [0.3, 0.4) is 0 Å². The van der Waals surface area contributed by atoms with Gasteiger partial charge in [0, 0.05) is 0 Å². The van der Waals surface area contributed by atoms with Crippen LogP contribution in [-0.4, -0.2) is 21.7 Å². The fourth-order valence-corrected chi connectivity index (χ4v) is 1.96. The first-order valence-corrected chi connectivity index (χ1v) is 6.07. The van der Waals surface area contributed by atoms with E-state index in [1.165, 1.54) is 18.5 Å². The summed E-state index contributed by atoms with van der Waals surface area (Å²) >= 11 is 0. The third-order valence-electron chi connectivity index (χ3n) is 2.85. The first kappa shape index (κ1) is 12.7. The predicted molar refractivity (Wildman–Crippen MR) is 67.7 cm³/mol. The van der Waals surface area contributed by atoms with Gasteiger partial charge in [-0.1, -0.05) is 13.0 Å². The van der Waals surface area contributed by atoms with Gasteiger partial charge in [0.05, 0.1) is 6.04 Å². The van der Waals surface area contributed by atoms with Gasteiger partial charge >= 0.3 is 0 Å². The standard InChI is InChI=1S/C13H17FN4/c1-3-6-15-12(13-16-8-17-18-13)11-5-4-10(14)7-9(11)2/h4-5,7-8,12,15H,3,6H2,1-2H3,(H,16,17,18). The van der Waals surface area contributed by atoms with Gasteiger partial charge in [0.2, 0.25) is 0 Å². The molecule has 96 valence electrons. The summed E-state index contributed by atoms with van der Waals surface area (Å²) in [6.07, 6.45) is 2.50. The van der Waals surface area contributed by atoms with Crippen molar-refractivity contribution in [3.05, 3.63) is 47.3 Å². The fraction of sp³-hybridized carbons (Fsp3) is 0.385. The topological polar surface area (TPSA) is 53.6 Å². The normalized spacial score (nSPS) is 12.6. The van der Waals surface area contributed by atoms with Gasteiger partial charge in [0.25, 0.3) is 0 Å². The summed E-state index contributed by atoms with van der Waals surface area (Å²) in [5.41, 5.74) is 1.92. The lowest BCUT2D eigenvalue weighted by Gasteiger charge is -2.18. The Bertz CT molecular complexity index is 496. The molecule has 2 N–H and O–H groups in total. The van der Waals surface area contributed by atoms with E-state index in [2.05, 4.69) is 27.4 Å². The van der Waals surface area contributed by atoms with Gasteiger partial charge in [-0.25, -0.2) is 9.37 Å². The lowest BCUT2D eigenvalue weighted by Crippen LogP contribution is -2.25. The molecule has 4 nitrogen and oxygen atoms in total. The second kappa shape index (κ2) is 5.73. The van der Waals surface area contributed by atoms with Crippen LogP contribution in [-0.2, 0) is 0 Å². The second-order valence-electron chi connectivity index (χ2n) is 4.26. The van der Waals surface area contributed by atoms with Crippen LogP contribution >= 0.6 is 0 Å². The van der Waals surface area contributed by atoms with Gasteiger partial charge in [-0.15, -0.1) is 0 Å². The van der Waals surface area contributed by atoms with E-state index in [-0.39, 0.29) is 11.9 Å². The van der Waals surface area contributed by atoms with Crippen molar-refractivity contribution >= 4 is 0 Å². The first-order valence-electron chi connectivity index (χ1n) is 6.07. The molecule has 1 aromatic carbocycles. The molecule has 0 saturated carbocycles. The zero-order valence-electron chi connectivity index (χ0n) is 10.6. The van der Waals surface area contributed by atoms with Gasteiger partial charge in [-0.3, -0.25) is 5.10 Å². The van der Waals surface area contributed by atoms with E-state index < -0.39 is 0 Å². The summed E-state index contributed by atoms with van der Waals surface area (Å²) in [6, 6.07) is 4.72. The van der Waals surface area contributed by atoms with Crippen molar-refractivity contribution in [3.8, 4) is 0 Å². The Kier molecular flexibility index (Phi) is 4.04. The average molecular weight is 248 g/mol. The molecular formula is C13H17FN4. The molecule has 2 rings (SSSR count). The van der Waals surface area contributed by atoms with Crippen molar-refractivity contribution in [3.63, 3.8) is 0 Å². The Balaban J connectivity index is 2.33. The summed E-state index contributed by atoms with van der Waals surface area (Å²) in [5, 5.41) is 10.1. The lowest BCUT2D eigenvalue weighted by molar-refractivity contribution is 0.568. The molecule has 1 heterocycles. The molecule has 0 fully saturated rings. The molecule has 2 aromatic rings. The zero-order valence-corrected chi connectivity index (χ0v) is 10.6. The minimum atomic E-state index is -0.219. The van der Waals surface area contributed by atoms with Gasteiger partial charge in [0.15, 0.2) is 0 Å². The third kappa shape index (κ3) is 2.73. The van der Waals surface area contributed by atoms with Gasteiger partial charge in [-0.05, 0) is 43.1 Å². The van der Waals surface area contributed by atoms with Crippen LogP contribution in [0.25, 0.3) is 0 Å². The molecule has 1 atom stereocenters. The summed E-state index contributed by atoms with van der Waals surface area (Å²) in [4.78, 5) is 4.19. The summed E-state index contributed by atoms with van der Waals surface area (Å²) in [6.45, 7) is 4.86. The quantitative estimate of drug-likeness (QED) is 0.854. The molecule has 1 unspecified atom stereocenters. The maximum absolute atomic E-state index is 13.1. The van der Waals surface area contributed by atoms with Crippen molar-refractivity contribution in [2.45, 2.75) is 26.3 Å². The Labute approximate surface area is 106 Å². The van der Waals surface area contributed by atoms with Crippen LogP contribution in [0.4, 0.5) is 4.39 Å². The molecular weight excluding hydrogens is 231 g/mol. The Morgan fingerprint density at radius 3 is 2.89 bits per heavy atom. The van der Waals surface area contributed by atoms with Crippen molar-refractivity contribution in [2.24, 2.45) is 0 Å². The molecule has 0 radical (unpaired) electrons. The largest absolute Gasteiger partial charge is 0.304 e. The molecule has 0 amide bonds. The predicted octanol–water partition coefficient (Wildman–Crippen LogP) is 2.34. The Morgan fingerprint density at radius 1 is 1.44 bits per heavy atom. The number of benzene rings is 1. The van der Waals surface area contributed by atoms with E-state index >= 15 is 0 Å². The molecule has 0 aliphatic carbocycles. The number of hydrogen-bond donors (Lipinski definition) is 2. The molecule has 18 heavy (non-hydrogen) atoms. The van der Waals surface area contributed by atoms with Crippen molar-refractivity contribution in [1.29, 1.82) is 0 Å². The van der Waals surface area contributed by atoms with E-state index in [1.807, 2.05) is 6.92 Å². The molecule has 0 bridgehead atoms. The summed E-state index contributed by atoms with van der Waals surface area (Å²) in [7, 11) is 0. The SMILES string of the molecule is CCCNC(c1ncn[nH]1)c1ccc(F)cc1C. The van der Waals surface area contributed by atoms with Gasteiger partial charge in [-0.2, -0.15) is 5.10 Å². The number of aromatic nitrogens is 3. The van der Waals surface area contributed by atoms with E-state index in [4.69, 9.17) is 0 Å². The highest BCUT2D eigenvalue weighted by atomic mass is 19.1. The maximum atomic E-state index is 13.1. The first-order chi connectivity index (χ1) is 8.72. The minimum Gasteiger partial charge on any atom is -0.304 e. The number of aromatic amines is 1. The molecule has 1 aromatic heterocycles. The average Bonchev–Trinajstić information content (AvgIpc) is 2.85. The highest BCUT2D eigenvalue weighted by Crippen LogP contribution is 2.22. The number of halogens is 1. The number of nitrogens with one attached hydrogen (secondary N) is 2. The smallest absolute Gasteiger partial charge is 0.145 e. The van der Waals surface area contributed by atoms with Gasteiger partial charge < -0.3 is 5.32 Å². The minimum absolute atomic E-state index is 0.0759. The van der Waals surface area contributed by atoms with Gasteiger partial charge in [0.1, 0.15) is 18.0 Å². The fourth-order valence-electron chi connectivity index (χ4n) is 1.96. The van der Waals surface area contributed by atoms with Crippen LogP contribution in [0.1, 0.15) is 36.3 Å². The van der Waals surface area contributed by atoms with Crippen LogP contribution in [0.5, 0.6) is 0 Å². The second-order valence-corrected chi connectivity index (χ2v) is 4.26. The summed E-state index contributed by atoms with van der Waals surface area (Å²) < 4.78 is 13.1. The van der Waals surface area contributed by atoms with E-state index in [0.717, 1.165) is 29.9 Å². The Hall–Kier alpha value is -1.75. The van der Waals surface area contributed by atoms with Crippen LogP contribution in [0.15, 0.2) is 24.5 Å². The number of H-pyrrole nitrogens is 1. The van der Waals surface area contributed by atoms with Crippen LogP contribution in [0.2, 0.25) is 0 Å². The lowest BCUT2D eigenvalue weighted by atomic mass is 10.0. The number of rotatable bonds is 5. The maximum Gasteiger partial charge on any atom is 0.145 e. The highest BCUT2D eigenvalue weighted by molar-refractivity contribution is 5.32. The number of nitrogens with zero attached hydrogens (tertiary/aromatic N) is 2. The monoisotopic (exact) mass is 248 g/mol. The van der Waals surface area contributed by atoms with E-state index in [9.17, 15) is 4.39 Å². The van der Waals surface area contributed by atoms with Crippen molar-refractivity contribution in [1.82, 2.24) is 20.5 Å².